The zero-order chi connectivity index (χ0) is 20.5. The Morgan fingerprint density at radius 2 is 2.03 bits per heavy atom. The van der Waals surface area contributed by atoms with Gasteiger partial charge in [0.2, 0.25) is 5.91 Å². The zero-order valence-electron chi connectivity index (χ0n) is 16.4. The van der Waals surface area contributed by atoms with Crippen LogP contribution < -0.4 is 5.56 Å². The lowest BCUT2D eigenvalue weighted by molar-refractivity contribution is -0.129. The van der Waals surface area contributed by atoms with Crippen LogP contribution in [0.15, 0.2) is 40.6 Å². The first-order valence-corrected chi connectivity index (χ1v) is 10.8. The molecular weight excluding hydrogens is 404 g/mol. The largest absolute Gasteiger partial charge is 0.339 e. The van der Waals surface area contributed by atoms with Crippen LogP contribution in [0.5, 0.6) is 0 Å². The van der Waals surface area contributed by atoms with Crippen molar-refractivity contribution in [2.45, 2.75) is 26.8 Å². The predicted octanol–water partition coefficient (Wildman–Crippen LogP) is 3.93. The number of rotatable bonds is 5. The number of amides is 1. The Labute approximate surface area is 175 Å². The number of aromatic nitrogens is 3. The van der Waals surface area contributed by atoms with Crippen molar-refractivity contribution in [3.05, 3.63) is 68.2 Å². The third-order valence-corrected chi connectivity index (χ3v) is 6.52. The number of pyridine rings is 1. The third kappa shape index (κ3) is 4.13. The van der Waals surface area contributed by atoms with E-state index >= 15 is 0 Å². The van der Waals surface area contributed by atoms with Gasteiger partial charge in [-0.2, -0.15) is 0 Å². The van der Waals surface area contributed by atoms with Crippen LogP contribution >= 0.6 is 22.7 Å². The van der Waals surface area contributed by atoms with E-state index in [1.54, 1.807) is 29.5 Å². The molecule has 29 heavy (non-hydrogen) atoms. The first kappa shape index (κ1) is 19.5. The summed E-state index contributed by atoms with van der Waals surface area (Å²) in [6.07, 6.45) is 1.82. The molecule has 148 valence electrons. The molecule has 1 amide bonds. The summed E-state index contributed by atoms with van der Waals surface area (Å²) in [7, 11) is 1.73. The van der Waals surface area contributed by atoms with Crippen LogP contribution in [0, 0.1) is 13.8 Å². The molecule has 0 radical (unpaired) electrons. The normalized spacial score (nSPS) is 11.1. The number of hydrogen-bond donors (Lipinski definition) is 1. The van der Waals surface area contributed by atoms with Crippen molar-refractivity contribution in [3.8, 4) is 10.4 Å². The molecule has 8 heteroatoms. The van der Waals surface area contributed by atoms with Gasteiger partial charge in [0.25, 0.3) is 5.56 Å². The van der Waals surface area contributed by atoms with Gasteiger partial charge in [0.1, 0.15) is 10.7 Å². The van der Waals surface area contributed by atoms with Crippen LogP contribution in [0.4, 0.5) is 0 Å². The van der Waals surface area contributed by atoms with Gasteiger partial charge < -0.3 is 9.88 Å². The SMILES string of the molecule is Cc1ccc(CN(C)C(=O)Cc2nc3scc(-c4ccc(C)s4)c3c(=O)[nH]2)nc1. The maximum absolute atomic E-state index is 12.7. The van der Waals surface area contributed by atoms with Crippen LogP contribution in [-0.2, 0) is 17.8 Å². The number of nitrogens with zero attached hydrogens (tertiary/aromatic N) is 3. The lowest BCUT2D eigenvalue weighted by Gasteiger charge is -2.16. The van der Waals surface area contributed by atoms with Crippen molar-refractivity contribution in [1.29, 1.82) is 0 Å². The summed E-state index contributed by atoms with van der Waals surface area (Å²) in [6, 6.07) is 7.94. The molecule has 1 N–H and O–H groups in total. The third-order valence-electron chi connectivity index (χ3n) is 4.62. The van der Waals surface area contributed by atoms with Gasteiger partial charge in [0.15, 0.2) is 0 Å². The predicted molar refractivity (Wildman–Crippen MR) is 117 cm³/mol. The number of fused-ring (bicyclic) bond motifs is 1. The van der Waals surface area contributed by atoms with Gasteiger partial charge in [-0.05, 0) is 37.6 Å². The van der Waals surface area contributed by atoms with E-state index in [-0.39, 0.29) is 17.9 Å². The minimum absolute atomic E-state index is 0.0406. The van der Waals surface area contributed by atoms with E-state index in [0.717, 1.165) is 21.7 Å². The Kier molecular flexibility index (Phi) is 5.29. The number of carbonyl (C=O) groups is 1. The average molecular weight is 425 g/mol. The fraction of sp³-hybridized carbons (Fsp3) is 0.238. The van der Waals surface area contributed by atoms with Gasteiger partial charge in [-0.25, -0.2) is 4.98 Å². The van der Waals surface area contributed by atoms with E-state index in [9.17, 15) is 9.59 Å². The fourth-order valence-corrected chi connectivity index (χ4v) is 4.96. The van der Waals surface area contributed by atoms with E-state index in [1.165, 1.54) is 16.2 Å². The molecule has 0 atom stereocenters. The molecule has 0 aliphatic carbocycles. The summed E-state index contributed by atoms with van der Waals surface area (Å²) in [6.45, 7) is 4.42. The molecule has 0 unspecified atom stereocenters. The first-order valence-electron chi connectivity index (χ1n) is 9.13. The Morgan fingerprint density at radius 3 is 2.72 bits per heavy atom. The van der Waals surface area contributed by atoms with Crippen LogP contribution in [0.2, 0.25) is 0 Å². The van der Waals surface area contributed by atoms with Crippen molar-refractivity contribution in [3.63, 3.8) is 0 Å². The molecular formula is C21H20N4O2S2. The van der Waals surface area contributed by atoms with Crippen molar-refractivity contribution in [2.75, 3.05) is 7.05 Å². The number of thiophene rings is 2. The zero-order valence-corrected chi connectivity index (χ0v) is 18.0. The number of carbonyl (C=O) groups excluding carboxylic acids is 1. The van der Waals surface area contributed by atoms with E-state index < -0.39 is 0 Å². The fourth-order valence-electron chi connectivity index (χ4n) is 3.04. The first-order chi connectivity index (χ1) is 13.9. The highest BCUT2D eigenvalue weighted by Crippen LogP contribution is 2.34. The second-order valence-corrected chi connectivity index (χ2v) is 9.15. The number of aryl methyl sites for hydroxylation is 2. The highest BCUT2D eigenvalue weighted by molar-refractivity contribution is 7.19. The molecule has 0 saturated heterocycles. The number of likely N-dealkylation sites (N-methyl/N-ethyl adjacent to an activating group) is 1. The Balaban J connectivity index is 1.54. The Morgan fingerprint density at radius 1 is 1.21 bits per heavy atom. The molecule has 4 heterocycles. The van der Waals surface area contributed by atoms with Crippen LogP contribution in [0.25, 0.3) is 20.7 Å². The van der Waals surface area contributed by atoms with E-state index in [0.29, 0.717) is 22.6 Å². The molecule has 0 fully saturated rings. The lowest BCUT2D eigenvalue weighted by atomic mass is 10.2. The van der Waals surface area contributed by atoms with Crippen LogP contribution in [0.3, 0.4) is 0 Å². The molecule has 0 bridgehead atoms. The number of hydrogen-bond acceptors (Lipinski definition) is 6. The smallest absolute Gasteiger partial charge is 0.260 e. The molecule has 0 aliphatic heterocycles. The summed E-state index contributed by atoms with van der Waals surface area (Å²) < 4.78 is 0. The summed E-state index contributed by atoms with van der Waals surface area (Å²) in [5.74, 6) is 0.257. The van der Waals surface area contributed by atoms with Crippen molar-refractivity contribution in [1.82, 2.24) is 19.9 Å². The standard InChI is InChI=1S/C21H20N4O2S2/c1-12-4-6-14(22-9-12)10-25(3)18(26)8-17-23-20(27)19-15(11-28-21(19)24-17)16-7-5-13(2)29-16/h4-7,9,11H,8,10H2,1-3H3,(H,23,24,27). The van der Waals surface area contributed by atoms with Gasteiger partial charge in [-0.1, -0.05) is 6.07 Å². The second-order valence-electron chi connectivity index (χ2n) is 7.01. The molecule has 0 aliphatic rings. The van der Waals surface area contributed by atoms with E-state index in [2.05, 4.69) is 15.0 Å². The summed E-state index contributed by atoms with van der Waals surface area (Å²) in [4.78, 5) is 41.5. The van der Waals surface area contributed by atoms with Crippen LogP contribution in [0.1, 0.15) is 22.0 Å². The van der Waals surface area contributed by atoms with Gasteiger partial charge in [0.05, 0.1) is 24.0 Å². The molecule has 6 nitrogen and oxygen atoms in total. The second kappa shape index (κ2) is 7.88. The molecule has 4 rings (SSSR count). The Bertz CT molecular complexity index is 1240. The molecule has 4 aromatic rings. The van der Waals surface area contributed by atoms with E-state index in [4.69, 9.17) is 0 Å². The molecule has 0 saturated carbocycles. The minimum Gasteiger partial charge on any atom is -0.339 e. The monoisotopic (exact) mass is 424 g/mol. The highest BCUT2D eigenvalue weighted by atomic mass is 32.1. The highest BCUT2D eigenvalue weighted by Gasteiger charge is 2.17. The molecule has 0 spiro atoms. The van der Waals surface area contributed by atoms with Crippen molar-refractivity contribution >= 4 is 38.8 Å². The average Bonchev–Trinajstić information content (AvgIpc) is 3.29. The number of aromatic amines is 1. The van der Waals surface area contributed by atoms with Gasteiger partial charge >= 0.3 is 0 Å². The Hall–Kier alpha value is -2.84. The quantitative estimate of drug-likeness (QED) is 0.527. The minimum atomic E-state index is -0.206. The molecule has 4 aromatic heterocycles. The summed E-state index contributed by atoms with van der Waals surface area (Å²) in [5.41, 5.74) is 2.59. The topological polar surface area (TPSA) is 79.0 Å². The van der Waals surface area contributed by atoms with Crippen molar-refractivity contribution in [2.24, 2.45) is 0 Å². The van der Waals surface area contributed by atoms with Crippen molar-refractivity contribution < 1.29 is 4.79 Å². The maximum atomic E-state index is 12.7. The van der Waals surface area contributed by atoms with Gasteiger partial charge in [-0.15, -0.1) is 22.7 Å². The van der Waals surface area contributed by atoms with Gasteiger partial charge in [-0.3, -0.25) is 14.6 Å². The lowest BCUT2D eigenvalue weighted by Crippen LogP contribution is -2.29. The molecule has 0 aromatic carbocycles. The number of H-pyrrole nitrogens is 1. The van der Waals surface area contributed by atoms with E-state index in [1.807, 2.05) is 43.5 Å². The van der Waals surface area contributed by atoms with Crippen LogP contribution in [-0.4, -0.2) is 32.8 Å². The number of nitrogens with one attached hydrogen (secondary N) is 1. The maximum Gasteiger partial charge on any atom is 0.260 e. The van der Waals surface area contributed by atoms with Gasteiger partial charge in [0, 0.05) is 33.9 Å². The summed E-state index contributed by atoms with van der Waals surface area (Å²) >= 11 is 3.08. The summed E-state index contributed by atoms with van der Waals surface area (Å²) in [5, 5.41) is 2.55.